The molecule has 0 N–H and O–H groups in total. The molecule has 248 valence electrons. The Labute approximate surface area is 265 Å². The van der Waals surface area contributed by atoms with E-state index in [4.69, 9.17) is 4.74 Å². The summed E-state index contributed by atoms with van der Waals surface area (Å²) < 4.78 is 62.3. The molecule has 3 aliphatic rings. The van der Waals surface area contributed by atoms with E-state index in [1.54, 1.807) is 28.0 Å². The predicted molar refractivity (Wildman–Crippen MR) is 164 cm³/mol. The topological polar surface area (TPSA) is 89.5 Å². The molecule has 0 radical (unpaired) electrons. The van der Waals surface area contributed by atoms with E-state index in [9.17, 15) is 27.6 Å². The number of carbonyl (C=O) groups is 3. The van der Waals surface area contributed by atoms with Gasteiger partial charge in [0.05, 0.1) is 23.0 Å². The first-order chi connectivity index (χ1) is 21.7. The van der Waals surface area contributed by atoms with Crippen LogP contribution in [0.4, 0.5) is 34.8 Å². The van der Waals surface area contributed by atoms with Crippen molar-refractivity contribution in [2.24, 2.45) is 5.92 Å². The number of ether oxygens (including phenoxy) is 1. The summed E-state index contributed by atoms with van der Waals surface area (Å²) in [4.78, 5) is 51.5. The zero-order valence-corrected chi connectivity index (χ0v) is 26.3. The van der Waals surface area contributed by atoms with Crippen LogP contribution in [0.3, 0.4) is 0 Å². The summed E-state index contributed by atoms with van der Waals surface area (Å²) in [6.07, 6.45) is -1.05. The van der Waals surface area contributed by atoms with Crippen LogP contribution in [-0.4, -0.2) is 105 Å². The van der Waals surface area contributed by atoms with E-state index in [2.05, 4.69) is 4.98 Å². The number of alkyl halides is 3. The molecule has 2 aromatic rings. The van der Waals surface area contributed by atoms with Crippen molar-refractivity contribution in [3.05, 3.63) is 59.6 Å². The normalized spacial score (nSPS) is 20.7. The fraction of sp³-hybridized carbons (Fsp3) is 0.500. The van der Waals surface area contributed by atoms with Gasteiger partial charge in [0.1, 0.15) is 17.7 Å². The van der Waals surface area contributed by atoms with Crippen molar-refractivity contribution < 1.29 is 36.7 Å². The lowest BCUT2D eigenvalue weighted by Gasteiger charge is -2.39. The lowest BCUT2D eigenvalue weighted by Crippen LogP contribution is -2.54. The zero-order chi connectivity index (χ0) is 33.3. The Morgan fingerprint density at radius 1 is 1.15 bits per heavy atom. The van der Waals surface area contributed by atoms with Gasteiger partial charge in [-0.2, -0.15) is 13.2 Å². The molecule has 14 heteroatoms. The van der Waals surface area contributed by atoms with Crippen LogP contribution in [0.5, 0.6) is 0 Å². The third-order valence-electron chi connectivity index (χ3n) is 8.44. The number of amides is 3. The first kappa shape index (κ1) is 33.3. The van der Waals surface area contributed by atoms with Crippen molar-refractivity contribution in [3.63, 3.8) is 0 Å². The molecule has 1 aromatic heterocycles. The second kappa shape index (κ2) is 13.4. The van der Waals surface area contributed by atoms with Gasteiger partial charge >= 0.3 is 6.18 Å². The molecule has 2 atom stereocenters. The lowest BCUT2D eigenvalue weighted by molar-refractivity contribution is -0.139. The highest BCUT2D eigenvalue weighted by Gasteiger charge is 2.49. The number of hydrogen-bond donors (Lipinski definition) is 0. The highest BCUT2D eigenvalue weighted by atomic mass is 19.4. The van der Waals surface area contributed by atoms with Crippen LogP contribution in [0.1, 0.15) is 24.1 Å². The molecule has 3 amide bonds. The first-order valence-electron chi connectivity index (χ1n) is 15.2. The highest BCUT2D eigenvalue weighted by molar-refractivity contribution is 6.10. The van der Waals surface area contributed by atoms with E-state index >= 15 is 4.39 Å². The summed E-state index contributed by atoms with van der Waals surface area (Å²) in [7, 11) is 5.30. The van der Waals surface area contributed by atoms with Crippen molar-refractivity contribution in [2.45, 2.75) is 38.1 Å². The largest absolute Gasteiger partial charge is 0.416 e. The maximum atomic E-state index is 15.4. The fourth-order valence-electron chi connectivity index (χ4n) is 6.17. The molecular formula is C32H38F4N6O4. The summed E-state index contributed by atoms with van der Waals surface area (Å²) >= 11 is 0. The third-order valence-corrected chi connectivity index (χ3v) is 8.44. The van der Waals surface area contributed by atoms with Gasteiger partial charge in [0, 0.05) is 70.5 Å². The molecule has 0 aliphatic carbocycles. The van der Waals surface area contributed by atoms with Crippen LogP contribution in [0.2, 0.25) is 0 Å². The van der Waals surface area contributed by atoms with Gasteiger partial charge in [0.15, 0.2) is 0 Å². The Bertz CT molecular complexity index is 1510. The van der Waals surface area contributed by atoms with Crippen LogP contribution >= 0.6 is 0 Å². The summed E-state index contributed by atoms with van der Waals surface area (Å²) in [6, 6.07) is 4.92. The van der Waals surface area contributed by atoms with Gasteiger partial charge in [-0.25, -0.2) is 9.37 Å². The number of anilines is 3. The minimum Gasteiger partial charge on any atom is -0.374 e. The average Bonchev–Trinajstić information content (AvgIpc) is 3.28. The van der Waals surface area contributed by atoms with Gasteiger partial charge in [0.2, 0.25) is 17.7 Å². The average molecular weight is 647 g/mol. The number of carbonyl (C=O) groups excluding carboxylic acids is 3. The van der Waals surface area contributed by atoms with Gasteiger partial charge < -0.3 is 24.3 Å². The summed E-state index contributed by atoms with van der Waals surface area (Å²) in [5.74, 6) is -2.56. The van der Waals surface area contributed by atoms with Crippen molar-refractivity contribution in [1.29, 1.82) is 0 Å². The molecule has 0 unspecified atom stereocenters. The van der Waals surface area contributed by atoms with Crippen LogP contribution < -0.4 is 14.7 Å². The Morgan fingerprint density at radius 2 is 1.89 bits per heavy atom. The van der Waals surface area contributed by atoms with E-state index < -0.39 is 41.3 Å². The molecule has 46 heavy (non-hydrogen) atoms. The molecule has 1 aromatic carbocycles. The molecule has 3 aliphatic heterocycles. The number of pyridine rings is 1. The summed E-state index contributed by atoms with van der Waals surface area (Å²) in [5.41, 5.74) is -0.416. The van der Waals surface area contributed by atoms with Gasteiger partial charge in [-0.15, -0.1) is 0 Å². The standard InChI is InChI=1S/C32H38F4N6O4/c1-20-14-22(32(34,35)36)16-26(37-20)42-28(44)15-21-17-40(30-24(33)8-5-9-25(30)39(4)31(45)29(21)42)12-7-13-46-23-18-41(19-23)27(43)10-6-11-38(2)3/h5-6,8-10,14,16,21,23,29H,7,11-13,15,17-19H2,1-4H3/b10-6+/t21-,29+/m1/s1. The van der Waals surface area contributed by atoms with Gasteiger partial charge in [0.25, 0.3) is 0 Å². The Morgan fingerprint density at radius 3 is 2.59 bits per heavy atom. The number of likely N-dealkylation sites (N-methyl/N-ethyl adjacent to an activating group) is 2. The van der Waals surface area contributed by atoms with E-state index in [1.165, 1.54) is 31.0 Å². The van der Waals surface area contributed by atoms with Crippen molar-refractivity contribution in [1.82, 2.24) is 14.8 Å². The molecular weight excluding hydrogens is 608 g/mol. The van der Waals surface area contributed by atoms with Gasteiger partial charge in [-0.3, -0.25) is 19.3 Å². The Kier molecular flexibility index (Phi) is 9.68. The minimum absolute atomic E-state index is 0.0570. The minimum atomic E-state index is -4.67. The monoisotopic (exact) mass is 646 g/mol. The van der Waals surface area contributed by atoms with Gasteiger partial charge in [-0.1, -0.05) is 12.1 Å². The number of nitrogens with zero attached hydrogens (tertiary/aromatic N) is 6. The number of likely N-dealkylation sites (tertiary alicyclic amines) is 1. The number of rotatable bonds is 9. The van der Waals surface area contributed by atoms with E-state index in [0.717, 1.165) is 17.0 Å². The van der Waals surface area contributed by atoms with E-state index in [1.807, 2.05) is 19.0 Å². The number of halogens is 4. The number of hydrogen-bond acceptors (Lipinski definition) is 7. The second-order valence-electron chi connectivity index (χ2n) is 12.2. The quantitative estimate of drug-likeness (QED) is 0.234. The van der Waals surface area contributed by atoms with Crippen molar-refractivity contribution >= 4 is 34.9 Å². The maximum absolute atomic E-state index is 15.4. The lowest BCUT2D eigenvalue weighted by atomic mass is 9.95. The molecule has 5 rings (SSSR count). The Hall–Kier alpha value is -4.04. The van der Waals surface area contributed by atoms with Crippen LogP contribution in [0.25, 0.3) is 0 Å². The zero-order valence-electron chi connectivity index (χ0n) is 26.3. The van der Waals surface area contributed by atoms with Gasteiger partial charge in [-0.05, 0) is 51.7 Å². The fourth-order valence-corrected chi connectivity index (χ4v) is 6.17. The SMILES string of the molecule is Cc1cc(C(F)(F)F)cc(N2C(=O)C[C@@H]3CN(CCCOC4CN(C(=O)/C=C/CN(C)C)C4)c4c(F)cccc4N(C)C(=O)[C@H]32)n1. The molecule has 0 bridgehead atoms. The van der Waals surface area contributed by atoms with E-state index in [0.29, 0.717) is 39.2 Å². The van der Waals surface area contributed by atoms with E-state index in [-0.39, 0.29) is 47.9 Å². The number of para-hydroxylation sites is 1. The molecule has 2 fully saturated rings. The van der Waals surface area contributed by atoms with Crippen LogP contribution in [0.15, 0.2) is 42.5 Å². The van der Waals surface area contributed by atoms with Crippen LogP contribution in [0, 0.1) is 18.7 Å². The smallest absolute Gasteiger partial charge is 0.374 e. The predicted octanol–water partition coefficient (Wildman–Crippen LogP) is 3.49. The van der Waals surface area contributed by atoms with Crippen molar-refractivity contribution in [2.75, 3.05) is 75.2 Å². The molecule has 4 heterocycles. The number of benzene rings is 1. The molecule has 10 nitrogen and oxygen atoms in total. The Balaban J connectivity index is 1.31. The third kappa shape index (κ3) is 7.02. The molecule has 0 saturated carbocycles. The second-order valence-corrected chi connectivity index (χ2v) is 12.2. The highest BCUT2D eigenvalue weighted by Crippen LogP contribution is 2.41. The number of aromatic nitrogens is 1. The first-order valence-corrected chi connectivity index (χ1v) is 15.2. The summed E-state index contributed by atoms with van der Waals surface area (Å²) in [5, 5.41) is 0. The van der Waals surface area contributed by atoms with Crippen LogP contribution in [-0.2, 0) is 25.3 Å². The molecule has 2 saturated heterocycles. The number of aryl methyl sites for hydroxylation is 1. The van der Waals surface area contributed by atoms with Crippen molar-refractivity contribution in [3.8, 4) is 0 Å². The number of fused-ring (bicyclic) bond motifs is 2. The maximum Gasteiger partial charge on any atom is 0.416 e. The summed E-state index contributed by atoms with van der Waals surface area (Å²) in [6.45, 7) is 3.80. The molecule has 0 spiro atoms.